The molecule has 2 aliphatic heterocycles. The fraction of sp³-hybridized carbons (Fsp3) is 0.115. The molecule has 10 rings (SSSR count). The average molecular weight is 723 g/mol. The monoisotopic (exact) mass is 722 g/mol. The lowest BCUT2D eigenvalue weighted by atomic mass is 9.73. The van der Waals surface area contributed by atoms with Crippen LogP contribution in [0.2, 0.25) is 0 Å². The van der Waals surface area contributed by atoms with Crippen LogP contribution in [0.4, 0.5) is 34.1 Å². The van der Waals surface area contributed by atoms with Crippen LogP contribution >= 0.6 is 0 Å². The second kappa shape index (κ2) is 12.9. The van der Waals surface area contributed by atoms with Crippen LogP contribution in [0.25, 0.3) is 33.4 Å². The van der Waals surface area contributed by atoms with Crippen molar-refractivity contribution in [2.24, 2.45) is 0 Å². The summed E-state index contributed by atoms with van der Waals surface area (Å²) in [5.74, 6) is 0. The molecule has 0 N–H and O–H groups in total. The third-order valence-electron chi connectivity index (χ3n) is 12.1. The molecule has 6 aromatic carbocycles. The highest BCUT2D eigenvalue weighted by Gasteiger charge is 2.37. The highest BCUT2D eigenvalue weighted by atomic mass is 15.2. The highest BCUT2D eigenvalue weighted by Crippen LogP contribution is 2.53. The Kier molecular flexibility index (Phi) is 7.79. The van der Waals surface area contributed by atoms with E-state index < -0.39 is 0 Å². The molecule has 0 amide bonds. The average Bonchev–Trinajstić information content (AvgIpc) is 3.25. The van der Waals surface area contributed by atoms with Gasteiger partial charge in [0.1, 0.15) is 0 Å². The summed E-state index contributed by atoms with van der Waals surface area (Å²) in [6.07, 6.45) is 7.71. The van der Waals surface area contributed by atoms with Gasteiger partial charge in [-0.05, 0) is 105 Å². The minimum Gasteiger partial charge on any atom is -0.310 e. The molecule has 0 spiro atoms. The van der Waals surface area contributed by atoms with E-state index in [1.165, 1.54) is 45.0 Å². The maximum atomic E-state index is 4.62. The van der Waals surface area contributed by atoms with Gasteiger partial charge < -0.3 is 9.80 Å². The zero-order valence-electron chi connectivity index (χ0n) is 32.1. The van der Waals surface area contributed by atoms with E-state index in [0.717, 1.165) is 44.8 Å². The van der Waals surface area contributed by atoms with Crippen LogP contribution in [0.5, 0.6) is 0 Å². The van der Waals surface area contributed by atoms with Gasteiger partial charge in [0.2, 0.25) is 0 Å². The summed E-state index contributed by atoms with van der Waals surface area (Å²) in [6, 6.07) is 57.3. The van der Waals surface area contributed by atoms with E-state index in [0.29, 0.717) is 0 Å². The van der Waals surface area contributed by atoms with Crippen LogP contribution in [-0.2, 0) is 10.8 Å². The smallest absolute Gasteiger partial charge is 0.0502 e. The van der Waals surface area contributed by atoms with Crippen LogP contribution in [0.1, 0.15) is 49.9 Å². The molecule has 4 heteroatoms. The Bertz CT molecular complexity index is 2470. The predicted octanol–water partition coefficient (Wildman–Crippen LogP) is 13.7. The summed E-state index contributed by atoms with van der Waals surface area (Å²) in [4.78, 5) is 14.0. The number of para-hydroxylation sites is 4. The van der Waals surface area contributed by atoms with Crippen molar-refractivity contribution >= 4 is 34.1 Å². The normalized spacial score (nSPS) is 14.6. The second-order valence-electron chi connectivity index (χ2n) is 15.9. The highest BCUT2D eigenvalue weighted by molar-refractivity contribution is 5.93. The van der Waals surface area contributed by atoms with Crippen molar-refractivity contribution in [2.45, 2.75) is 38.5 Å². The van der Waals surface area contributed by atoms with Crippen LogP contribution in [-0.4, -0.2) is 9.97 Å². The Morgan fingerprint density at radius 2 is 0.643 bits per heavy atom. The predicted molar refractivity (Wildman–Crippen MR) is 232 cm³/mol. The molecule has 0 unspecified atom stereocenters. The van der Waals surface area contributed by atoms with Gasteiger partial charge in [0.15, 0.2) is 0 Å². The summed E-state index contributed by atoms with van der Waals surface area (Å²) in [5.41, 5.74) is 18.8. The summed E-state index contributed by atoms with van der Waals surface area (Å²) >= 11 is 0. The van der Waals surface area contributed by atoms with E-state index in [9.17, 15) is 0 Å². The molecule has 4 heterocycles. The van der Waals surface area contributed by atoms with Crippen molar-refractivity contribution in [1.29, 1.82) is 0 Å². The van der Waals surface area contributed by atoms with Gasteiger partial charge in [0.05, 0.1) is 22.7 Å². The molecule has 0 radical (unpaired) electrons. The Morgan fingerprint density at radius 1 is 0.339 bits per heavy atom. The molecule has 4 nitrogen and oxygen atoms in total. The van der Waals surface area contributed by atoms with Gasteiger partial charge in [-0.3, -0.25) is 9.97 Å². The largest absolute Gasteiger partial charge is 0.310 e. The molecule has 0 bridgehead atoms. The van der Waals surface area contributed by atoms with Crippen molar-refractivity contribution in [1.82, 2.24) is 9.97 Å². The molecule has 56 heavy (non-hydrogen) atoms. The molecule has 8 aromatic rings. The van der Waals surface area contributed by atoms with Crippen LogP contribution < -0.4 is 9.80 Å². The summed E-state index contributed by atoms with van der Waals surface area (Å²) in [5, 5.41) is 0. The van der Waals surface area contributed by atoms with Crippen molar-refractivity contribution < 1.29 is 0 Å². The van der Waals surface area contributed by atoms with Gasteiger partial charge in [-0.15, -0.1) is 0 Å². The molecule has 0 saturated heterocycles. The molecule has 0 fully saturated rings. The summed E-state index contributed by atoms with van der Waals surface area (Å²) in [7, 11) is 0. The van der Waals surface area contributed by atoms with Crippen LogP contribution in [0.3, 0.4) is 0 Å². The minimum absolute atomic E-state index is 0.0983. The first-order valence-electron chi connectivity index (χ1n) is 19.4. The van der Waals surface area contributed by atoms with Crippen molar-refractivity contribution in [2.75, 3.05) is 9.80 Å². The van der Waals surface area contributed by atoms with Crippen molar-refractivity contribution in [3.8, 4) is 33.4 Å². The zero-order valence-corrected chi connectivity index (χ0v) is 32.1. The van der Waals surface area contributed by atoms with Crippen molar-refractivity contribution in [3.63, 3.8) is 0 Å². The lowest BCUT2D eigenvalue weighted by Gasteiger charge is -2.42. The molecule has 0 aliphatic carbocycles. The number of anilines is 6. The zero-order chi connectivity index (χ0) is 38.0. The molecular weight excluding hydrogens is 681 g/mol. The molecule has 2 aromatic heterocycles. The molecule has 270 valence electrons. The van der Waals surface area contributed by atoms with Gasteiger partial charge in [0.25, 0.3) is 0 Å². The molecule has 2 aliphatic rings. The Morgan fingerprint density at radius 3 is 0.964 bits per heavy atom. The van der Waals surface area contributed by atoms with Crippen molar-refractivity contribution in [3.05, 3.63) is 205 Å². The number of pyridine rings is 2. The first kappa shape index (κ1) is 33.8. The van der Waals surface area contributed by atoms with Gasteiger partial charge >= 0.3 is 0 Å². The van der Waals surface area contributed by atoms with E-state index in [2.05, 4.69) is 205 Å². The maximum absolute atomic E-state index is 4.62. The Hall–Kier alpha value is -6.78. The summed E-state index contributed by atoms with van der Waals surface area (Å²) in [6.45, 7) is 9.30. The number of hydrogen-bond acceptors (Lipinski definition) is 4. The third-order valence-corrected chi connectivity index (χ3v) is 12.1. The number of nitrogens with zero attached hydrogens (tertiary/aromatic N) is 4. The quantitative estimate of drug-likeness (QED) is 0.177. The fourth-order valence-electron chi connectivity index (χ4n) is 9.20. The first-order chi connectivity index (χ1) is 27.3. The topological polar surface area (TPSA) is 32.3 Å². The standard InChI is InChI=1S/C52H42N4/c1-51(2)43-13-5-9-17-47(43)55(48-18-10-6-14-44(48)51)37-25-21-35(22-26-37)39-29-31-53-33-41(39)42-34-54-32-30-40(42)36-23-27-38(28-24-36)56-49-19-11-7-15-45(49)52(3,4)46-16-8-12-20-50(46)56/h5-34H,1-4H3. The molecule has 0 atom stereocenters. The summed E-state index contributed by atoms with van der Waals surface area (Å²) < 4.78 is 0. The van der Waals surface area contributed by atoms with Gasteiger partial charge in [-0.25, -0.2) is 0 Å². The lowest BCUT2D eigenvalue weighted by molar-refractivity contribution is 0.632. The number of benzene rings is 6. The molecular formula is C52H42N4. The second-order valence-corrected chi connectivity index (χ2v) is 15.9. The fourth-order valence-corrected chi connectivity index (χ4v) is 9.20. The SMILES string of the molecule is CC1(C)c2ccccc2N(c2ccc(-c3ccncc3-c3cnccc3-c3ccc(N4c5ccccc5C(C)(C)c5ccccc54)cc3)cc2)c2ccccc21. The van der Waals surface area contributed by atoms with Gasteiger partial charge in [0, 0.05) is 58.1 Å². The number of aromatic nitrogens is 2. The van der Waals surface area contributed by atoms with E-state index >= 15 is 0 Å². The maximum Gasteiger partial charge on any atom is 0.0502 e. The number of hydrogen-bond donors (Lipinski definition) is 0. The third kappa shape index (κ3) is 5.20. The number of rotatable bonds is 5. The van der Waals surface area contributed by atoms with Gasteiger partial charge in [-0.1, -0.05) is 125 Å². The minimum atomic E-state index is -0.0983. The number of fused-ring (bicyclic) bond motifs is 4. The van der Waals surface area contributed by atoms with E-state index in [1.807, 2.05) is 24.8 Å². The van der Waals surface area contributed by atoms with Gasteiger partial charge in [-0.2, -0.15) is 0 Å². The molecule has 0 saturated carbocycles. The Balaban J connectivity index is 1.01. The van der Waals surface area contributed by atoms with Crippen LogP contribution in [0, 0.1) is 0 Å². The van der Waals surface area contributed by atoms with Crippen LogP contribution in [0.15, 0.2) is 183 Å². The first-order valence-corrected chi connectivity index (χ1v) is 19.4. The van der Waals surface area contributed by atoms with E-state index in [1.54, 1.807) is 0 Å². The Labute approximate surface area is 329 Å². The van der Waals surface area contributed by atoms with E-state index in [4.69, 9.17) is 0 Å². The van der Waals surface area contributed by atoms with E-state index in [-0.39, 0.29) is 10.8 Å². The lowest BCUT2D eigenvalue weighted by Crippen LogP contribution is -2.30.